The standard InChI is InChI=1S/C14H18N4O2S/c1-8(2)18-12(16-17-14(18)21)7-15-13(20)10-5-4-9(3)6-11(10)19/h4-6,8,19H,7H2,1-3H3,(H,15,20)(H,17,21). The summed E-state index contributed by atoms with van der Waals surface area (Å²) in [6.07, 6.45) is 0. The molecule has 1 amide bonds. The molecule has 0 aliphatic rings. The van der Waals surface area contributed by atoms with Crippen LogP contribution in [0.3, 0.4) is 0 Å². The van der Waals surface area contributed by atoms with E-state index < -0.39 is 0 Å². The lowest BCUT2D eigenvalue weighted by Gasteiger charge is -2.11. The van der Waals surface area contributed by atoms with Crippen molar-refractivity contribution in [3.05, 3.63) is 39.9 Å². The largest absolute Gasteiger partial charge is 0.507 e. The van der Waals surface area contributed by atoms with Crippen LogP contribution in [0.4, 0.5) is 0 Å². The number of aromatic hydroxyl groups is 1. The summed E-state index contributed by atoms with van der Waals surface area (Å²) < 4.78 is 2.36. The van der Waals surface area contributed by atoms with Gasteiger partial charge in [-0.05, 0) is 50.7 Å². The maximum absolute atomic E-state index is 12.1. The minimum absolute atomic E-state index is 0.0322. The number of nitrogens with zero attached hydrogens (tertiary/aromatic N) is 2. The van der Waals surface area contributed by atoms with Crippen molar-refractivity contribution in [2.75, 3.05) is 0 Å². The zero-order chi connectivity index (χ0) is 15.6. The molecule has 0 aliphatic carbocycles. The Hall–Kier alpha value is -2.15. The molecule has 0 saturated carbocycles. The number of aromatic nitrogens is 3. The molecule has 0 bridgehead atoms. The Labute approximate surface area is 127 Å². The molecule has 1 heterocycles. The summed E-state index contributed by atoms with van der Waals surface area (Å²) in [4.78, 5) is 12.1. The molecule has 0 fully saturated rings. The zero-order valence-electron chi connectivity index (χ0n) is 12.2. The second kappa shape index (κ2) is 6.09. The topological polar surface area (TPSA) is 82.9 Å². The van der Waals surface area contributed by atoms with Gasteiger partial charge in [0.25, 0.3) is 5.91 Å². The molecule has 0 radical (unpaired) electrons. The van der Waals surface area contributed by atoms with Crippen molar-refractivity contribution < 1.29 is 9.90 Å². The summed E-state index contributed by atoms with van der Waals surface area (Å²) >= 11 is 5.15. The number of amides is 1. The SMILES string of the molecule is Cc1ccc(C(=O)NCc2n[nH]c(=S)n2C(C)C)c(O)c1. The molecule has 0 atom stereocenters. The highest BCUT2D eigenvalue weighted by molar-refractivity contribution is 7.71. The minimum Gasteiger partial charge on any atom is -0.507 e. The summed E-state index contributed by atoms with van der Waals surface area (Å²) in [5.74, 6) is 0.266. The number of carbonyl (C=O) groups is 1. The van der Waals surface area contributed by atoms with E-state index >= 15 is 0 Å². The molecular formula is C14H18N4O2S. The van der Waals surface area contributed by atoms with Crippen LogP contribution in [0.1, 0.15) is 41.6 Å². The molecule has 112 valence electrons. The number of rotatable bonds is 4. The van der Waals surface area contributed by atoms with Gasteiger partial charge in [0.15, 0.2) is 10.6 Å². The van der Waals surface area contributed by atoms with Crippen LogP contribution >= 0.6 is 12.2 Å². The fraction of sp³-hybridized carbons (Fsp3) is 0.357. The second-order valence-electron chi connectivity index (χ2n) is 5.11. The summed E-state index contributed by atoms with van der Waals surface area (Å²) in [5, 5.41) is 19.4. The Kier molecular flexibility index (Phi) is 4.42. The van der Waals surface area contributed by atoms with E-state index in [1.807, 2.05) is 25.3 Å². The van der Waals surface area contributed by atoms with Gasteiger partial charge in [-0.15, -0.1) is 0 Å². The molecule has 7 heteroatoms. The molecule has 2 aromatic rings. The van der Waals surface area contributed by atoms with E-state index in [1.165, 1.54) is 0 Å². The number of aromatic amines is 1. The fourth-order valence-electron chi connectivity index (χ4n) is 2.08. The lowest BCUT2D eigenvalue weighted by Crippen LogP contribution is -2.25. The van der Waals surface area contributed by atoms with Gasteiger partial charge in [0.05, 0.1) is 12.1 Å². The lowest BCUT2D eigenvalue weighted by atomic mass is 10.1. The number of hydrogen-bond acceptors (Lipinski definition) is 4. The number of nitrogens with one attached hydrogen (secondary N) is 2. The van der Waals surface area contributed by atoms with Crippen LogP contribution in [0.15, 0.2) is 18.2 Å². The van der Waals surface area contributed by atoms with Crippen LogP contribution < -0.4 is 5.32 Å². The van der Waals surface area contributed by atoms with Crippen LogP contribution in [0.5, 0.6) is 5.75 Å². The Morgan fingerprint density at radius 1 is 1.52 bits per heavy atom. The number of hydrogen-bond donors (Lipinski definition) is 3. The maximum atomic E-state index is 12.1. The maximum Gasteiger partial charge on any atom is 0.255 e. The van der Waals surface area contributed by atoms with Gasteiger partial charge >= 0.3 is 0 Å². The molecule has 2 rings (SSSR count). The molecular weight excluding hydrogens is 288 g/mol. The van der Waals surface area contributed by atoms with E-state index in [4.69, 9.17) is 12.2 Å². The third kappa shape index (κ3) is 3.30. The number of phenols is 1. The van der Waals surface area contributed by atoms with E-state index in [0.29, 0.717) is 10.6 Å². The summed E-state index contributed by atoms with van der Waals surface area (Å²) in [7, 11) is 0. The van der Waals surface area contributed by atoms with Gasteiger partial charge in [-0.1, -0.05) is 6.07 Å². The number of H-pyrrole nitrogens is 1. The zero-order valence-corrected chi connectivity index (χ0v) is 13.0. The Morgan fingerprint density at radius 2 is 2.24 bits per heavy atom. The summed E-state index contributed by atoms with van der Waals surface area (Å²) in [5.41, 5.74) is 1.13. The first-order chi connectivity index (χ1) is 9.90. The number of carbonyl (C=O) groups excluding carboxylic acids is 1. The summed E-state index contributed by atoms with van der Waals surface area (Å²) in [6, 6.07) is 5.08. The smallest absolute Gasteiger partial charge is 0.255 e. The first-order valence-electron chi connectivity index (χ1n) is 6.63. The molecule has 0 aliphatic heterocycles. The van der Waals surface area contributed by atoms with E-state index in [1.54, 1.807) is 18.2 Å². The van der Waals surface area contributed by atoms with E-state index in [9.17, 15) is 9.90 Å². The first kappa shape index (κ1) is 15.2. The molecule has 1 aromatic carbocycles. The predicted octanol–water partition coefficient (Wildman–Crippen LogP) is 2.47. The van der Waals surface area contributed by atoms with Gasteiger partial charge in [-0.3, -0.25) is 9.89 Å². The van der Waals surface area contributed by atoms with Gasteiger partial charge in [0.2, 0.25) is 0 Å². The Morgan fingerprint density at radius 3 is 2.86 bits per heavy atom. The molecule has 1 aromatic heterocycles. The molecule has 0 unspecified atom stereocenters. The third-order valence-corrected chi connectivity index (χ3v) is 3.39. The van der Waals surface area contributed by atoms with Crippen LogP contribution in [0, 0.1) is 11.7 Å². The van der Waals surface area contributed by atoms with Gasteiger partial charge in [-0.2, -0.15) is 5.10 Å². The van der Waals surface area contributed by atoms with Gasteiger partial charge < -0.3 is 15.0 Å². The molecule has 0 saturated heterocycles. The minimum atomic E-state index is -0.350. The van der Waals surface area contributed by atoms with Gasteiger partial charge in [0.1, 0.15) is 5.75 Å². The quantitative estimate of drug-likeness (QED) is 0.758. The number of benzene rings is 1. The summed E-state index contributed by atoms with van der Waals surface area (Å²) in [6.45, 7) is 6.06. The Bertz CT molecular complexity index is 718. The average Bonchev–Trinajstić information content (AvgIpc) is 2.77. The lowest BCUT2D eigenvalue weighted by molar-refractivity contribution is 0.0946. The van der Waals surface area contributed by atoms with Gasteiger partial charge in [-0.25, -0.2) is 0 Å². The second-order valence-corrected chi connectivity index (χ2v) is 5.50. The van der Waals surface area contributed by atoms with Crippen LogP contribution in [-0.2, 0) is 6.54 Å². The highest BCUT2D eigenvalue weighted by atomic mass is 32.1. The first-order valence-corrected chi connectivity index (χ1v) is 7.04. The molecule has 3 N–H and O–H groups in total. The normalized spacial score (nSPS) is 10.9. The van der Waals surface area contributed by atoms with E-state index in [0.717, 1.165) is 5.56 Å². The van der Waals surface area contributed by atoms with Crippen molar-refractivity contribution in [2.24, 2.45) is 0 Å². The number of aryl methyl sites for hydroxylation is 1. The van der Waals surface area contributed by atoms with E-state index in [-0.39, 0.29) is 29.8 Å². The van der Waals surface area contributed by atoms with Crippen LogP contribution in [0.25, 0.3) is 0 Å². The molecule has 21 heavy (non-hydrogen) atoms. The molecule has 6 nitrogen and oxygen atoms in total. The fourth-order valence-corrected chi connectivity index (χ4v) is 2.44. The third-order valence-electron chi connectivity index (χ3n) is 3.10. The predicted molar refractivity (Wildman–Crippen MR) is 81.8 cm³/mol. The van der Waals surface area contributed by atoms with Crippen molar-refractivity contribution in [3.8, 4) is 5.75 Å². The van der Waals surface area contributed by atoms with Crippen LogP contribution in [-0.4, -0.2) is 25.8 Å². The molecule has 0 spiro atoms. The highest BCUT2D eigenvalue weighted by Gasteiger charge is 2.14. The monoisotopic (exact) mass is 306 g/mol. The Balaban J connectivity index is 2.13. The van der Waals surface area contributed by atoms with Crippen molar-refractivity contribution in [3.63, 3.8) is 0 Å². The van der Waals surface area contributed by atoms with Crippen molar-refractivity contribution in [1.82, 2.24) is 20.1 Å². The number of phenolic OH excluding ortho intramolecular Hbond substituents is 1. The van der Waals surface area contributed by atoms with Crippen molar-refractivity contribution >= 4 is 18.1 Å². The van der Waals surface area contributed by atoms with Gasteiger partial charge in [0, 0.05) is 6.04 Å². The van der Waals surface area contributed by atoms with E-state index in [2.05, 4.69) is 15.5 Å². The van der Waals surface area contributed by atoms with Crippen molar-refractivity contribution in [2.45, 2.75) is 33.4 Å². The van der Waals surface area contributed by atoms with Crippen LogP contribution in [0.2, 0.25) is 0 Å². The average molecular weight is 306 g/mol. The highest BCUT2D eigenvalue weighted by Crippen LogP contribution is 2.18. The van der Waals surface area contributed by atoms with Crippen molar-refractivity contribution in [1.29, 1.82) is 0 Å².